The van der Waals surface area contributed by atoms with E-state index in [0.717, 1.165) is 41.1 Å². The number of phenols is 1. The van der Waals surface area contributed by atoms with Crippen LogP contribution in [-0.4, -0.2) is 15.5 Å². The number of aryl methyl sites for hydroxylation is 1. The molecule has 0 amide bonds. The third kappa shape index (κ3) is 2.76. The Morgan fingerprint density at radius 3 is 2.62 bits per heavy atom. The topological polar surface area (TPSA) is 42.2 Å². The largest absolute Gasteiger partial charge is 0.508 e. The molecule has 4 rings (SSSR count). The average Bonchev–Trinajstić information content (AvgIpc) is 3.03. The van der Waals surface area contributed by atoms with E-state index in [1.807, 2.05) is 54.7 Å². The predicted molar refractivity (Wildman–Crippen MR) is 106 cm³/mol. The summed E-state index contributed by atoms with van der Waals surface area (Å²) in [5, 5.41) is 12.8. The second kappa shape index (κ2) is 6.68. The molecule has 0 spiro atoms. The Labute approximate surface area is 152 Å². The van der Waals surface area contributed by atoms with Gasteiger partial charge in [0.25, 0.3) is 0 Å². The van der Waals surface area contributed by atoms with E-state index >= 15 is 0 Å². The Balaban J connectivity index is 1.90. The minimum Gasteiger partial charge on any atom is -0.508 e. The summed E-state index contributed by atoms with van der Waals surface area (Å²) in [7, 11) is 0. The Morgan fingerprint density at radius 1 is 0.962 bits per heavy atom. The molecule has 1 N–H and O–H groups in total. The van der Waals surface area contributed by atoms with Crippen LogP contribution in [0.4, 0.5) is 0 Å². The number of ketones is 1. The fraction of sp³-hybridized carbons (Fsp3) is 0.174. The second-order valence-corrected chi connectivity index (χ2v) is 6.65. The molecular formula is C23H21NO2. The number of fused-ring (bicyclic) bond motifs is 2. The molecule has 0 fully saturated rings. The van der Waals surface area contributed by atoms with E-state index < -0.39 is 0 Å². The first-order chi connectivity index (χ1) is 12.7. The molecule has 1 aromatic heterocycles. The van der Waals surface area contributed by atoms with Gasteiger partial charge in [-0.3, -0.25) is 4.79 Å². The molecule has 0 aliphatic carbocycles. The molecule has 0 saturated heterocycles. The van der Waals surface area contributed by atoms with Crippen molar-refractivity contribution in [1.82, 2.24) is 4.57 Å². The smallest absolute Gasteiger partial charge is 0.195 e. The highest BCUT2D eigenvalue weighted by Gasteiger charge is 2.19. The van der Waals surface area contributed by atoms with Crippen LogP contribution < -0.4 is 0 Å². The van der Waals surface area contributed by atoms with Crippen molar-refractivity contribution in [2.24, 2.45) is 0 Å². The zero-order valence-corrected chi connectivity index (χ0v) is 14.8. The van der Waals surface area contributed by atoms with Crippen molar-refractivity contribution in [1.29, 1.82) is 0 Å². The molecule has 3 heteroatoms. The molecule has 4 aromatic rings. The Hall–Kier alpha value is -3.07. The number of unbranched alkanes of at least 4 members (excludes halogenated alkanes) is 1. The van der Waals surface area contributed by atoms with Crippen molar-refractivity contribution < 1.29 is 9.90 Å². The lowest BCUT2D eigenvalue weighted by molar-refractivity contribution is 0.104. The number of hydrogen-bond donors (Lipinski definition) is 1. The van der Waals surface area contributed by atoms with Crippen LogP contribution in [-0.2, 0) is 6.54 Å². The Bertz CT molecular complexity index is 1100. The van der Waals surface area contributed by atoms with Gasteiger partial charge in [0.2, 0.25) is 0 Å². The van der Waals surface area contributed by atoms with Gasteiger partial charge >= 0.3 is 0 Å². The molecule has 0 saturated carbocycles. The predicted octanol–water partition coefficient (Wildman–Crippen LogP) is 5.53. The number of aromatic nitrogens is 1. The summed E-state index contributed by atoms with van der Waals surface area (Å²) in [6.07, 6.45) is 4.07. The third-order valence-corrected chi connectivity index (χ3v) is 4.90. The van der Waals surface area contributed by atoms with Gasteiger partial charge in [-0.1, -0.05) is 55.8 Å². The summed E-state index contributed by atoms with van der Waals surface area (Å²) in [6.45, 7) is 3.01. The summed E-state index contributed by atoms with van der Waals surface area (Å²) in [5.41, 5.74) is 2.32. The molecule has 0 aliphatic rings. The zero-order chi connectivity index (χ0) is 18.1. The van der Waals surface area contributed by atoms with Crippen LogP contribution in [0.2, 0.25) is 0 Å². The average molecular weight is 343 g/mol. The first-order valence-corrected chi connectivity index (χ1v) is 9.03. The lowest BCUT2D eigenvalue weighted by Gasteiger charge is -2.05. The molecule has 0 aliphatic heterocycles. The van der Waals surface area contributed by atoms with E-state index in [1.54, 1.807) is 12.1 Å². The fourth-order valence-electron chi connectivity index (χ4n) is 3.55. The van der Waals surface area contributed by atoms with Gasteiger partial charge in [0.15, 0.2) is 5.78 Å². The number of hydrogen-bond acceptors (Lipinski definition) is 2. The molecule has 3 aromatic carbocycles. The standard InChI is InChI=1S/C23H21NO2/c1-2-3-13-24-15-21(20-14-17(25)11-12-22(20)24)23(26)19-10-6-8-16-7-4-5-9-18(16)19/h4-12,14-15,25H,2-3,13H2,1H3. The number of phenolic OH excluding ortho intramolecular Hbond substituents is 1. The lowest BCUT2D eigenvalue weighted by atomic mass is 9.97. The number of carbonyl (C=O) groups excluding carboxylic acids is 1. The fourth-order valence-corrected chi connectivity index (χ4v) is 3.55. The minimum absolute atomic E-state index is 0.00681. The number of rotatable bonds is 5. The van der Waals surface area contributed by atoms with Crippen LogP contribution in [0, 0.1) is 0 Å². The van der Waals surface area contributed by atoms with Gasteiger partial charge in [0, 0.05) is 34.8 Å². The van der Waals surface area contributed by atoms with Gasteiger partial charge in [-0.2, -0.15) is 0 Å². The van der Waals surface area contributed by atoms with Crippen LogP contribution in [0.25, 0.3) is 21.7 Å². The normalized spacial score (nSPS) is 11.3. The zero-order valence-electron chi connectivity index (χ0n) is 14.8. The van der Waals surface area contributed by atoms with E-state index in [2.05, 4.69) is 11.5 Å². The molecule has 3 nitrogen and oxygen atoms in total. The monoisotopic (exact) mass is 343 g/mol. The molecule has 26 heavy (non-hydrogen) atoms. The number of aromatic hydroxyl groups is 1. The Kier molecular flexibility index (Phi) is 4.21. The minimum atomic E-state index is -0.00681. The summed E-state index contributed by atoms with van der Waals surface area (Å²) in [4.78, 5) is 13.4. The molecule has 0 unspecified atom stereocenters. The van der Waals surface area contributed by atoms with Crippen LogP contribution >= 0.6 is 0 Å². The van der Waals surface area contributed by atoms with Crippen molar-refractivity contribution in [3.8, 4) is 5.75 Å². The highest BCUT2D eigenvalue weighted by molar-refractivity contribution is 6.21. The van der Waals surface area contributed by atoms with Crippen LogP contribution in [0.3, 0.4) is 0 Å². The van der Waals surface area contributed by atoms with Crippen molar-refractivity contribution in [3.05, 3.63) is 78.0 Å². The van der Waals surface area contributed by atoms with E-state index in [4.69, 9.17) is 0 Å². The van der Waals surface area contributed by atoms with Crippen LogP contribution in [0.1, 0.15) is 35.7 Å². The van der Waals surface area contributed by atoms with Gasteiger partial charge in [-0.15, -0.1) is 0 Å². The SMILES string of the molecule is CCCCn1cc(C(=O)c2cccc3ccccc23)c2cc(O)ccc21. The summed E-state index contributed by atoms with van der Waals surface area (Å²) >= 11 is 0. The van der Waals surface area contributed by atoms with Gasteiger partial charge in [0.1, 0.15) is 5.75 Å². The first-order valence-electron chi connectivity index (χ1n) is 9.03. The Morgan fingerprint density at radius 2 is 1.77 bits per heavy atom. The molecule has 0 atom stereocenters. The van der Waals surface area contributed by atoms with E-state index in [-0.39, 0.29) is 11.5 Å². The highest BCUT2D eigenvalue weighted by Crippen LogP contribution is 2.29. The molecule has 0 radical (unpaired) electrons. The van der Waals surface area contributed by atoms with Gasteiger partial charge in [0.05, 0.1) is 0 Å². The van der Waals surface area contributed by atoms with Crippen LogP contribution in [0.15, 0.2) is 66.9 Å². The van der Waals surface area contributed by atoms with E-state index in [1.165, 1.54) is 0 Å². The van der Waals surface area contributed by atoms with Gasteiger partial charge in [-0.05, 0) is 35.4 Å². The van der Waals surface area contributed by atoms with E-state index in [9.17, 15) is 9.90 Å². The van der Waals surface area contributed by atoms with Crippen molar-refractivity contribution in [2.45, 2.75) is 26.3 Å². The quantitative estimate of drug-likeness (QED) is 0.484. The lowest BCUT2D eigenvalue weighted by Crippen LogP contribution is -2.02. The molecular weight excluding hydrogens is 322 g/mol. The first kappa shape index (κ1) is 16.4. The third-order valence-electron chi connectivity index (χ3n) is 4.90. The number of nitrogens with zero attached hydrogens (tertiary/aromatic N) is 1. The highest BCUT2D eigenvalue weighted by atomic mass is 16.3. The summed E-state index contributed by atoms with van der Waals surface area (Å²) < 4.78 is 2.12. The second-order valence-electron chi connectivity index (χ2n) is 6.65. The van der Waals surface area contributed by atoms with Crippen molar-refractivity contribution >= 4 is 27.5 Å². The van der Waals surface area contributed by atoms with Gasteiger partial charge < -0.3 is 9.67 Å². The number of carbonyl (C=O) groups is 1. The maximum atomic E-state index is 13.4. The van der Waals surface area contributed by atoms with Crippen LogP contribution in [0.5, 0.6) is 5.75 Å². The number of benzene rings is 3. The maximum absolute atomic E-state index is 13.4. The van der Waals surface area contributed by atoms with E-state index in [0.29, 0.717) is 11.1 Å². The molecule has 0 bridgehead atoms. The van der Waals surface area contributed by atoms with Crippen molar-refractivity contribution in [2.75, 3.05) is 0 Å². The summed E-state index contributed by atoms with van der Waals surface area (Å²) in [5.74, 6) is 0.172. The van der Waals surface area contributed by atoms with Gasteiger partial charge in [-0.25, -0.2) is 0 Å². The molecule has 1 heterocycles. The summed E-state index contributed by atoms with van der Waals surface area (Å²) in [6, 6.07) is 19.0. The maximum Gasteiger partial charge on any atom is 0.195 e. The van der Waals surface area contributed by atoms with Crippen molar-refractivity contribution in [3.63, 3.8) is 0 Å². The molecule has 130 valence electrons.